The Balaban J connectivity index is 1.97. The van der Waals surface area contributed by atoms with Crippen LogP contribution in [-0.4, -0.2) is 40.7 Å². The first-order chi connectivity index (χ1) is 7.95. The summed E-state index contributed by atoms with van der Waals surface area (Å²) in [6, 6.07) is 0.540. The lowest BCUT2D eigenvalue weighted by Crippen LogP contribution is -2.48. The predicted octanol–water partition coefficient (Wildman–Crippen LogP) is 1.16. The summed E-state index contributed by atoms with van der Waals surface area (Å²) in [5, 5.41) is 7.47. The summed E-state index contributed by atoms with van der Waals surface area (Å²) in [5.41, 5.74) is -0.0675. The molecule has 1 atom stereocenters. The van der Waals surface area contributed by atoms with Crippen molar-refractivity contribution in [1.29, 1.82) is 0 Å². The molecular formula is C12H22N4O. The van der Waals surface area contributed by atoms with Gasteiger partial charge in [-0.2, -0.15) is 4.98 Å². The van der Waals surface area contributed by atoms with Crippen LogP contribution >= 0.6 is 0 Å². The van der Waals surface area contributed by atoms with Crippen molar-refractivity contribution in [3.63, 3.8) is 0 Å². The van der Waals surface area contributed by atoms with E-state index in [1.807, 2.05) is 0 Å². The fourth-order valence-corrected chi connectivity index (χ4v) is 1.98. The van der Waals surface area contributed by atoms with Crippen LogP contribution in [0.2, 0.25) is 0 Å². The Morgan fingerprint density at radius 2 is 2.24 bits per heavy atom. The van der Waals surface area contributed by atoms with Crippen LogP contribution in [0.5, 0.6) is 0 Å². The zero-order valence-electron chi connectivity index (χ0n) is 11.2. The number of nitrogens with zero attached hydrogens (tertiary/aromatic N) is 3. The van der Waals surface area contributed by atoms with Gasteiger partial charge in [0.15, 0.2) is 5.82 Å². The summed E-state index contributed by atoms with van der Waals surface area (Å²) in [6.07, 6.45) is 0. The molecule has 1 saturated heterocycles. The fraction of sp³-hybridized carbons (Fsp3) is 0.833. The Labute approximate surface area is 103 Å². The van der Waals surface area contributed by atoms with Gasteiger partial charge >= 0.3 is 0 Å². The molecule has 0 aliphatic carbocycles. The predicted molar refractivity (Wildman–Crippen MR) is 65.7 cm³/mol. The molecule has 5 heteroatoms. The minimum absolute atomic E-state index is 0.0675. The number of piperazine rings is 1. The van der Waals surface area contributed by atoms with E-state index in [0.717, 1.165) is 37.9 Å². The van der Waals surface area contributed by atoms with Crippen molar-refractivity contribution < 1.29 is 4.52 Å². The van der Waals surface area contributed by atoms with Gasteiger partial charge in [0.2, 0.25) is 5.89 Å². The molecule has 0 unspecified atom stereocenters. The Hall–Kier alpha value is -0.940. The summed E-state index contributed by atoms with van der Waals surface area (Å²) in [6.45, 7) is 12.3. The lowest BCUT2D eigenvalue weighted by molar-refractivity contribution is 0.193. The molecule has 2 heterocycles. The molecule has 1 aromatic rings. The molecule has 96 valence electrons. The first-order valence-corrected chi connectivity index (χ1v) is 6.24. The molecule has 0 saturated carbocycles. The van der Waals surface area contributed by atoms with Crippen molar-refractivity contribution in [2.45, 2.75) is 45.7 Å². The molecule has 0 spiro atoms. The SMILES string of the molecule is C[C@@H]1CN(Cc2noc(C(C)(C)C)n2)CCN1. The number of rotatable bonds is 2. The summed E-state index contributed by atoms with van der Waals surface area (Å²) in [7, 11) is 0. The second kappa shape index (κ2) is 4.74. The zero-order chi connectivity index (χ0) is 12.5. The van der Waals surface area contributed by atoms with E-state index in [-0.39, 0.29) is 5.41 Å². The number of nitrogens with one attached hydrogen (secondary N) is 1. The molecule has 5 nitrogen and oxygen atoms in total. The molecule has 0 bridgehead atoms. The standard InChI is InChI=1S/C12H22N4O/c1-9-7-16(6-5-13-9)8-10-14-11(17-15-10)12(2,3)4/h9,13H,5-8H2,1-4H3/t9-/m1/s1. The quantitative estimate of drug-likeness (QED) is 0.838. The second-order valence-corrected chi connectivity index (χ2v) is 5.86. The van der Waals surface area contributed by atoms with E-state index < -0.39 is 0 Å². The van der Waals surface area contributed by atoms with Gasteiger partial charge < -0.3 is 9.84 Å². The van der Waals surface area contributed by atoms with Gasteiger partial charge in [0, 0.05) is 31.1 Å². The van der Waals surface area contributed by atoms with Gasteiger partial charge in [-0.1, -0.05) is 25.9 Å². The molecule has 1 aromatic heterocycles. The lowest BCUT2D eigenvalue weighted by atomic mass is 9.97. The molecule has 1 aliphatic rings. The smallest absolute Gasteiger partial charge is 0.232 e. The molecule has 2 rings (SSSR count). The Morgan fingerprint density at radius 3 is 2.82 bits per heavy atom. The van der Waals surface area contributed by atoms with Crippen molar-refractivity contribution in [3.8, 4) is 0 Å². The number of aromatic nitrogens is 2. The molecule has 0 amide bonds. The van der Waals surface area contributed by atoms with Crippen LogP contribution in [0.1, 0.15) is 39.4 Å². The third-order valence-electron chi connectivity index (χ3n) is 2.93. The average molecular weight is 238 g/mol. The van der Waals surface area contributed by atoms with Crippen molar-refractivity contribution in [2.24, 2.45) is 0 Å². The minimum atomic E-state index is -0.0675. The molecule has 1 aliphatic heterocycles. The van der Waals surface area contributed by atoms with Gasteiger partial charge in [-0.15, -0.1) is 0 Å². The van der Waals surface area contributed by atoms with E-state index in [2.05, 4.69) is 48.1 Å². The van der Waals surface area contributed by atoms with E-state index in [4.69, 9.17) is 4.52 Å². The first kappa shape index (κ1) is 12.5. The topological polar surface area (TPSA) is 54.2 Å². The lowest BCUT2D eigenvalue weighted by Gasteiger charge is -2.30. The van der Waals surface area contributed by atoms with Crippen LogP contribution in [0, 0.1) is 0 Å². The van der Waals surface area contributed by atoms with E-state index in [1.165, 1.54) is 0 Å². The van der Waals surface area contributed by atoms with E-state index in [0.29, 0.717) is 6.04 Å². The highest BCUT2D eigenvalue weighted by Crippen LogP contribution is 2.20. The largest absolute Gasteiger partial charge is 0.339 e. The maximum atomic E-state index is 5.29. The van der Waals surface area contributed by atoms with Crippen LogP contribution in [-0.2, 0) is 12.0 Å². The Bertz CT molecular complexity index is 369. The first-order valence-electron chi connectivity index (χ1n) is 6.24. The van der Waals surface area contributed by atoms with Crippen LogP contribution in [0.25, 0.3) is 0 Å². The van der Waals surface area contributed by atoms with E-state index in [1.54, 1.807) is 0 Å². The highest BCUT2D eigenvalue weighted by Gasteiger charge is 2.23. The third-order valence-corrected chi connectivity index (χ3v) is 2.93. The van der Waals surface area contributed by atoms with Gasteiger partial charge in [-0.3, -0.25) is 4.90 Å². The Morgan fingerprint density at radius 1 is 1.47 bits per heavy atom. The van der Waals surface area contributed by atoms with Crippen molar-refractivity contribution in [3.05, 3.63) is 11.7 Å². The van der Waals surface area contributed by atoms with Crippen molar-refractivity contribution in [1.82, 2.24) is 20.4 Å². The van der Waals surface area contributed by atoms with Crippen molar-refractivity contribution >= 4 is 0 Å². The zero-order valence-corrected chi connectivity index (χ0v) is 11.2. The van der Waals surface area contributed by atoms with Gasteiger partial charge in [0.1, 0.15) is 0 Å². The normalized spacial score (nSPS) is 22.9. The van der Waals surface area contributed by atoms with E-state index >= 15 is 0 Å². The fourth-order valence-electron chi connectivity index (χ4n) is 1.98. The second-order valence-electron chi connectivity index (χ2n) is 5.86. The summed E-state index contributed by atoms with van der Waals surface area (Å²) in [4.78, 5) is 6.82. The number of hydrogen-bond donors (Lipinski definition) is 1. The molecule has 17 heavy (non-hydrogen) atoms. The van der Waals surface area contributed by atoms with Gasteiger partial charge in [-0.05, 0) is 6.92 Å². The van der Waals surface area contributed by atoms with Gasteiger partial charge in [0.25, 0.3) is 0 Å². The minimum Gasteiger partial charge on any atom is -0.339 e. The van der Waals surface area contributed by atoms with Gasteiger partial charge in [0.05, 0.1) is 6.54 Å². The average Bonchev–Trinajstić information content (AvgIpc) is 2.65. The molecule has 1 N–H and O–H groups in total. The molecule has 0 aromatic carbocycles. The van der Waals surface area contributed by atoms with E-state index in [9.17, 15) is 0 Å². The maximum Gasteiger partial charge on any atom is 0.232 e. The highest BCUT2D eigenvalue weighted by molar-refractivity contribution is 4.98. The number of hydrogen-bond acceptors (Lipinski definition) is 5. The summed E-state index contributed by atoms with van der Waals surface area (Å²) >= 11 is 0. The maximum absolute atomic E-state index is 5.29. The molecule has 0 radical (unpaired) electrons. The Kier molecular flexibility index (Phi) is 3.49. The van der Waals surface area contributed by atoms with Gasteiger partial charge in [-0.25, -0.2) is 0 Å². The highest BCUT2D eigenvalue weighted by atomic mass is 16.5. The molecular weight excluding hydrogens is 216 g/mol. The summed E-state index contributed by atoms with van der Waals surface area (Å²) in [5.74, 6) is 1.51. The van der Waals surface area contributed by atoms with Crippen LogP contribution < -0.4 is 5.32 Å². The monoisotopic (exact) mass is 238 g/mol. The van der Waals surface area contributed by atoms with Crippen LogP contribution in [0.4, 0.5) is 0 Å². The van der Waals surface area contributed by atoms with Crippen LogP contribution in [0.3, 0.4) is 0 Å². The molecule has 1 fully saturated rings. The van der Waals surface area contributed by atoms with Crippen LogP contribution in [0.15, 0.2) is 4.52 Å². The third kappa shape index (κ3) is 3.26. The van der Waals surface area contributed by atoms with Crippen molar-refractivity contribution in [2.75, 3.05) is 19.6 Å². The summed E-state index contributed by atoms with van der Waals surface area (Å²) < 4.78 is 5.29.